The van der Waals surface area contributed by atoms with Crippen LogP contribution in [0.3, 0.4) is 0 Å². The van der Waals surface area contributed by atoms with Crippen LogP contribution in [0.2, 0.25) is 5.02 Å². The van der Waals surface area contributed by atoms with E-state index in [2.05, 4.69) is 10.2 Å². The van der Waals surface area contributed by atoms with E-state index in [9.17, 15) is 9.90 Å². The second-order valence-electron chi connectivity index (χ2n) is 5.74. The lowest BCUT2D eigenvalue weighted by atomic mass is 9.89. The summed E-state index contributed by atoms with van der Waals surface area (Å²) in [6.45, 7) is 5.52. The molecule has 0 aliphatic carbocycles. The highest BCUT2D eigenvalue weighted by atomic mass is 35.5. The van der Waals surface area contributed by atoms with Crippen LogP contribution in [-0.4, -0.2) is 36.1 Å². The first kappa shape index (κ1) is 15.1. The maximum atomic E-state index is 12.0. The van der Waals surface area contributed by atoms with Crippen LogP contribution in [0.15, 0.2) is 18.2 Å². The molecule has 1 heterocycles. The molecule has 1 aromatic carbocycles. The minimum atomic E-state index is -0.364. The van der Waals surface area contributed by atoms with Crippen LogP contribution in [0.5, 0.6) is 5.75 Å². The number of carbonyl (C=O) groups is 1. The van der Waals surface area contributed by atoms with E-state index in [1.54, 1.807) is 25.2 Å². The number of amides is 1. The minimum Gasteiger partial charge on any atom is -0.508 e. The molecule has 0 aromatic heterocycles. The molecule has 2 atom stereocenters. The Kier molecular flexibility index (Phi) is 4.25. The molecule has 0 radical (unpaired) electrons. The van der Waals surface area contributed by atoms with Gasteiger partial charge in [-0.25, -0.2) is 0 Å². The zero-order chi connectivity index (χ0) is 14.9. The van der Waals surface area contributed by atoms with Gasteiger partial charge in [-0.3, -0.25) is 9.69 Å². The van der Waals surface area contributed by atoms with Gasteiger partial charge in [0, 0.05) is 30.2 Å². The highest BCUT2D eigenvalue weighted by Gasteiger charge is 2.41. The Morgan fingerprint density at radius 1 is 1.55 bits per heavy atom. The molecular formula is C15H21ClN2O2. The van der Waals surface area contributed by atoms with Gasteiger partial charge in [-0.1, -0.05) is 11.6 Å². The fourth-order valence-corrected chi connectivity index (χ4v) is 3.05. The smallest absolute Gasteiger partial charge is 0.227 e. The van der Waals surface area contributed by atoms with E-state index in [4.69, 9.17) is 11.6 Å². The molecule has 1 fully saturated rings. The number of halogens is 1. The van der Waals surface area contributed by atoms with Gasteiger partial charge < -0.3 is 10.4 Å². The average Bonchev–Trinajstić information content (AvgIpc) is 2.83. The lowest BCUT2D eigenvalue weighted by molar-refractivity contribution is -0.129. The van der Waals surface area contributed by atoms with Crippen molar-refractivity contribution in [2.75, 3.05) is 20.1 Å². The molecule has 0 bridgehead atoms. The summed E-state index contributed by atoms with van der Waals surface area (Å²) in [5, 5.41) is 13.3. The van der Waals surface area contributed by atoms with E-state index >= 15 is 0 Å². The number of phenols is 1. The van der Waals surface area contributed by atoms with Gasteiger partial charge in [-0.2, -0.15) is 0 Å². The van der Waals surface area contributed by atoms with Crippen LogP contribution in [0.25, 0.3) is 0 Å². The normalized spacial score (nSPS) is 24.6. The number of benzene rings is 1. The van der Waals surface area contributed by atoms with Crippen molar-refractivity contribution in [1.29, 1.82) is 0 Å². The van der Waals surface area contributed by atoms with Gasteiger partial charge in [-0.05, 0) is 45.0 Å². The van der Waals surface area contributed by atoms with Gasteiger partial charge in [0.15, 0.2) is 0 Å². The Morgan fingerprint density at radius 3 is 2.90 bits per heavy atom. The molecule has 2 N–H and O–H groups in total. The Hall–Kier alpha value is -1.26. The zero-order valence-corrected chi connectivity index (χ0v) is 12.9. The second kappa shape index (κ2) is 5.62. The van der Waals surface area contributed by atoms with Gasteiger partial charge >= 0.3 is 0 Å². The highest BCUT2D eigenvalue weighted by Crippen LogP contribution is 2.38. The first-order valence-corrected chi connectivity index (χ1v) is 7.20. The third-order valence-electron chi connectivity index (χ3n) is 4.27. The van der Waals surface area contributed by atoms with Gasteiger partial charge in [0.25, 0.3) is 0 Å². The van der Waals surface area contributed by atoms with Gasteiger partial charge in [0.1, 0.15) is 5.75 Å². The molecule has 1 amide bonds. The molecule has 1 aliphatic rings. The predicted molar refractivity (Wildman–Crippen MR) is 79.9 cm³/mol. The second-order valence-corrected chi connectivity index (χ2v) is 6.18. The Balaban J connectivity index is 2.17. The Labute approximate surface area is 124 Å². The molecular weight excluding hydrogens is 276 g/mol. The molecule has 1 aliphatic heterocycles. The predicted octanol–water partition coefficient (Wildman–Crippen LogP) is 2.56. The largest absolute Gasteiger partial charge is 0.508 e. The summed E-state index contributed by atoms with van der Waals surface area (Å²) >= 11 is 6.00. The lowest BCUT2D eigenvalue weighted by Crippen LogP contribution is -2.39. The van der Waals surface area contributed by atoms with Crippen LogP contribution in [-0.2, 0) is 4.79 Å². The number of rotatable bonds is 3. The van der Waals surface area contributed by atoms with E-state index in [-0.39, 0.29) is 23.1 Å². The fraction of sp³-hybridized carbons (Fsp3) is 0.533. The minimum absolute atomic E-state index is 0.0279. The van der Waals surface area contributed by atoms with Gasteiger partial charge in [-0.15, -0.1) is 0 Å². The number of aromatic hydroxyl groups is 1. The summed E-state index contributed by atoms with van der Waals surface area (Å²) in [5.74, 6) is 0.318. The van der Waals surface area contributed by atoms with Crippen molar-refractivity contribution in [1.82, 2.24) is 10.2 Å². The third kappa shape index (κ3) is 2.76. The number of nitrogens with zero attached hydrogens (tertiary/aromatic N) is 1. The molecule has 0 saturated carbocycles. The number of nitrogens with one attached hydrogen (secondary N) is 1. The van der Waals surface area contributed by atoms with Crippen LogP contribution < -0.4 is 5.32 Å². The van der Waals surface area contributed by atoms with E-state index < -0.39 is 0 Å². The summed E-state index contributed by atoms with van der Waals surface area (Å²) in [6.07, 6.45) is 0.818. The van der Waals surface area contributed by atoms with E-state index in [0.29, 0.717) is 11.6 Å². The van der Waals surface area contributed by atoms with Gasteiger partial charge in [0.05, 0.1) is 5.41 Å². The van der Waals surface area contributed by atoms with Crippen LogP contribution in [0, 0.1) is 5.41 Å². The lowest BCUT2D eigenvalue weighted by Gasteiger charge is -2.28. The Morgan fingerprint density at radius 2 is 2.25 bits per heavy atom. The van der Waals surface area contributed by atoms with Crippen molar-refractivity contribution < 1.29 is 9.90 Å². The van der Waals surface area contributed by atoms with Crippen molar-refractivity contribution in [3.63, 3.8) is 0 Å². The fourth-order valence-electron chi connectivity index (χ4n) is 2.87. The summed E-state index contributed by atoms with van der Waals surface area (Å²) in [4.78, 5) is 14.2. The highest BCUT2D eigenvalue weighted by molar-refractivity contribution is 6.30. The third-order valence-corrected chi connectivity index (χ3v) is 4.50. The maximum absolute atomic E-state index is 12.0. The first-order chi connectivity index (χ1) is 9.37. The molecule has 0 spiro atoms. The zero-order valence-electron chi connectivity index (χ0n) is 12.1. The number of hydrogen-bond acceptors (Lipinski definition) is 3. The van der Waals surface area contributed by atoms with E-state index in [0.717, 1.165) is 18.5 Å². The average molecular weight is 297 g/mol. The maximum Gasteiger partial charge on any atom is 0.227 e. The first-order valence-electron chi connectivity index (χ1n) is 6.82. The number of carbonyl (C=O) groups excluding carboxylic acids is 1. The van der Waals surface area contributed by atoms with Crippen LogP contribution in [0.4, 0.5) is 0 Å². The van der Waals surface area contributed by atoms with Crippen LogP contribution >= 0.6 is 11.6 Å². The van der Waals surface area contributed by atoms with Gasteiger partial charge in [0.2, 0.25) is 5.91 Å². The van der Waals surface area contributed by atoms with Crippen molar-refractivity contribution >= 4 is 17.5 Å². The van der Waals surface area contributed by atoms with Crippen molar-refractivity contribution in [2.45, 2.75) is 26.3 Å². The summed E-state index contributed by atoms with van der Waals surface area (Å²) in [5.41, 5.74) is 0.440. The number of likely N-dealkylation sites (tertiary alicyclic amines) is 1. The van der Waals surface area contributed by atoms with Crippen molar-refractivity contribution in [3.05, 3.63) is 28.8 Å². The molecule has 1 aromatic rings. The molecule has 2 rings (SSSR count). The standard InChI is InChI=1S/C15H21ClN2O2/c1-10(12-8-11(16)4-5-13(12)19)18-7-6-15(2,9-18)14(20)17-3/h4-5,8,10,19H,6-7,9H2,1-3H3,(H,17,20). The SMILES string of the molecule is CNC(=O)C1(C)CCN(C(C)c2cc(Cl)ccc2O)C1. The number of phenolic OH excluding ortho intramolecular Hbond substituents is 1. The van der Waals surface area contributed by atoms with Crippen molar-refractivity contribution in [3.8, 4) is 5.75 Å². The molecule has 1 saturated heterocycles. The summed E-state index contributed by atoms with van der Waals surface area (Å²) in [7, 11) is 1.67. The van der Waals surface area contributed by atoms with E-state index in [1.165, 1.54) is 0 Å². The molecule has 4 nitrogen and oxygen atoms in total. The summed E-state index contributed by atoms with van der Waals surface area (Å²) in [6, 6.07) is 5.10. The molecule has 110 valence electrons. The van der Waals surface area contributed by atoms with E-state index in [1.807, 2.05) is 13.8 Å². The van der Waals surface area contributed by atoms with Crippen LogP contribution in [0.1, 0.15) is 31.9 Å². The topological polar surface area (TPSA) is 52.6 Å². The Bertz CT molecular complexity index is 521. The van der Waals surface area contributed by atoms with Crippen molar-refractivity contribution in [2.24, 2.45) is 5.41 Å². The summed E-state index contributed by atoms with van der Waals surface area (Å²) < 4.78 is 0. The molecule has 20 heavy (non-hydrogen) atoms. The quantitative estimate of drug-likeness (QED) is 0.901. The monoisotopic (exact) mass is 296 g/mol. The number of hydrogen-bond donors (Lipinski definition) is 2. The molecule has 2 unspecified atom stereocenters. The molecule has 5 heteroatoms.